The zero-order chi connectivity index (χ0) is 14.7. The summed E-state index contributed by atoms with van der Waals surface area (Å²) in [6, 6.07) is 0. The van der Waals surface area contributed by atoms with Gasteiger partial charge in [0, 0.05) is 17.5 Å². The van der Waals surface area contributed by atoms with Gasteiger partial charge in [-0.1, -0.05) is 5.16 Å². The second-order valence-electron chi connectivity index (χ2n) is 5.12. The predicted octanol–water partition coefficient (Wildman–Crippen LogP) is 1.65. The number of hydrogen-bond donors (Lipinski definition) is 1. The molecule has 0 spiro atoms. The largest absolute Gasteiger partial charge is 0.339 e. The molecule has 2 aromatic rings. The molecule has 0 unspecified atom stereocenters. The van der Waals surface area contributed by atoms with Crippen molar-refractivity contribution >= 4 is 22.4 Å². The van der Waals surface area contributed by atoms with E-state index in [0.29, 0.717) is 23.4 Å². The van der Waals surface area contributed by atoms with Gasteiger partial charge in [-0.2, -0.15) is 4.98 Å². The van der Waals surface area contributed by atoms with Crippen molar-refractivity contribution in [2.45, 2.75) is 25.7 Å². The first-order valence-corrected chi connectivity index (χ1v) is 7.80. The number of aromatic nitrogens is 3. The van der Waals surface area contributed by atoms with Crippen molar-refractivity contribution in [3.05, 3.63) is 23.3 Å². The minimum atomic E-state index is -0.0166. The Morgan fingerprint density at radius 1 is 1.52 bits per heavy atom. The van der Waals surface area contributed by atoms with Crippen LogP contribution in [0.1, 0.15) is 30.5 Å². The molecule has 1 N–H and O–H groups in total. The molecule has 0 aliphatic carbocycles. The molecule has 1 amide bonds. The molecule has 1 saturated heterocycles. The Bertz CT molecular complexity index is 589. The van der Waals surface area contributed by atoms with Crippen LogP contribution in [0.4, 0.5) is 5.13 Å². The van der Waals surface area contributed by atoms with Crippen LogP contribution in [0.5, 0.6) is 0 Å². The fourth-order valence-corrected chi connectivity index (χ4v) is 3.01. The van der Waals surface area contributed by atoms with E-state index in [1.54, 1.807) is 6.20 Å². The van der Waals surface area contributed by atoms with E-state index < -0.39 is 0 Å². The van der Waals surface area contributed by atoms with Gasteiger partial charge in [-0.25, -0.2) is 4.98 Å². The van der Waals surface area contributed by atoms with E-state index in [2.05, 4.69) is 25.3 Å². The molecule has 1 aliphatic heterocycles. The summed E-state index contributed by atoms with van der Waals surface area (Å²) in [4.78, 5) is 22.4. The number of likely N-dealkylation sites (tertiary alicyclic amines) is 1. The highest BCUT2D eigenvalue weighted by atomic mass is 32.1. The summed E-state index contributed by atoms with van der Waals surface area (Å²) in [7, 11) is 0. The molecular weight excluding hydrogens is 290 g/mol. The third-order valence-corrected chi connectivity index (χ3v) is 4.21. The highest BCUT2D eigenvalue weighted by Crippen LogP contribution is 2.26. The lowest BCUT2D eigenvalue weighted by molar-refractivity contribution is -0.117. The van der Waals surface area contributed by atoms with Gasteiger partial charge in [0.2, 0.25) is 11.8 Å². The fourth-order valence-electron chi connectivity index (χ4n) is 2.46. The van der Waals surface area contributed by atoms with Crippen molar-refractivity contribution < 1.29 is 9.32 Å². The van der Waals surface area contributed by atoms with Gasteiger partial charge >= 0.3 is 0 Å². The average Bonchev–Trinajstić information content (AvgIpc) is 3.11. The number of amides is 1. The number of thiazole rings is 1. The van der Waals surface area contributed by atoms with Gasteiger partial charge in [-0.15, -0.1) is 11.3 Å². The van der Waals surface area contributed by atoms with Crippen LogP contribution in [0, 0.1) is 6.92 Å². The monoisotopic (exact) mass is 307 g/mol. The number of hydrogen-bond acceptors (Lipinski definition) is 7. The molecule has 0 atom stereocenters. The maximum atomic E-state index is 11.9. The number of nitrogens with one attached hydrogen (secondary N) is 1. The van der Waals surface area contributed by atoms with E-state index in [4.69, 9.17) is 4.52 Å². The Morgan fingerprint density at radius 3 is 2.95 bits per heavy atom. The van der Waals surface area contributed by atoms with Crippen LogP contribution in [-0.4, -0.2) is 45.6 Å². The molecule has 8 heteroatoms. The van der Waals surface area contributed by atoms with E-state index in [0.717, 1.165) is 31.8 Å². The van der Waals surface area contributed by atoms with Crippen LogP contribution in [0.15, 0.2) is 16.1 Å². The lowest BCUT2D eigenvalue weighted by Crippen LogP contribution is -2.38. The Kier molecular flexibility index (Phi) is 4.26. The highest BCUT2D eigenvalue weighted by Gasteiger charge is 2.25. The third-order valence-electron chi connectivity index (χ3n) is 3.53. The third kappa shape index (κ3) is 3.64. The molecule has 2 aromatic heterocycles. The van der Waals surface area contributed by atoms with E-state index in [1.165, 1.54) is 11.3 Å². The first-order chi connectivity index (χ1) is 10.2. The second kappa shape index (κ2) is 6.31. The zero-order valence-electron chi connectivity index (χ0n) is 11.8. The summed E-state index contributed by atoms with van der Waals surface area (Å²) in [6.07, 6.45) is 3.55. The lowest BCUT2D eigenvalue weighted by Gasteiger charge is -2.29. The van der Waals surface area contributed by atoms with Crippen LogP contribution in [0.2, 0.25) is 0 Å². The molecule has 0 radical (unpaired) electrons. The smallest absolute Gasteiger partial charge is 0.240 e. The summed E-state index contributed by atoms with van der Waals surface area (Å²) in [5.41, 5.74) is 0. The maximum absolute atomic E-state index is 11.9. The maximum Gasteiger partial charge on any atom is 0.240 e. The molecule has 1 aliphatic rings. The van der Waals surface area contributed by atoms with E-state index >= 15 is 0 Å². The standard InChI is InChI=1S/C13H17N5O2S/c1-9-15-12(20-17-9)10-2-5-18(6-3-10)8-11(19)16-13-14-4-7-21-13/h4,7,10H,2-3,5-6,8H2,1H3,(H,14,16,19). The molecular formula is C13H17N5O2S. The van der Waals surface area contributed by atoms with Crippen molar-refractivity contribution in [1.82, 2.24) is 20.0 Å². The van der Waals surface area contributed by atoms with Crippen molar-refractivity contribution in [3.63, 3.8) is 0 Å². The van der Waals surface area contributed by atoms with Gasteiger partial charge in [-0.05, 0) is 32.9 Å². The van der Waals surface area contributed by atoms with Crippen molar-refractivity contribution in [3.8, 4) is 0 Å². The van der Waals surface area contributed by atoms with E-state index in [1.807, 2.05) is 12.3 Å². The molecule has 0 bridgehead atoms. The summed E-state index contributed by atoms with van der Waals surface area (Å²) in [5.74, 6) is 1.69. The summed E-state index contributed by atoms with van der Waals surface area (Å²) in [6.45, 7) is 3.94. The topological polar surface area (TPSA) is 84.2 Å². The number of piperidine rings is 1. The highest BCUT2D eigenvalue weighted by molar-refractivity contribution is 7.13. The zero-order valence-corrected chi connectivity index (χ0v) is 12.6. The molecule has 7 nitrogen and oxygen atoms in total. The molecule has 3 rings (SSSR count). The summed E-state index contributed by atoms with van der Waals surface area (Å²) >= 11 is 1.42. The number of anilines is 1. The van der Waals surface area contributed by atoms with Gasteiger partial charge in [0.15, 0.2) is 11.0 Å². The van der Waals surface area contributed by atoms with Gasteiger partial charge in [0.25, 0.3) is 0 Å². The fraction of sp³-hybridized carbons (Fsp3) is 0.538. The van der Waals surface area contributed by atoms with Gasteiger partial charge in [-0.3, -0.25) is 9.69 Å². The van der Waals surface area contributed by atoms with Crippen LogP contribution < -0.4 is 5.32 Å². The number of carbonyl (C=O) groups excluding carboxylic acids is 1. The molecule has 21 heavy (non-hydrogen) atoms. The van der Waals surface area contributed by atoms with Crippen LogP contribution >= 0.6 is 11.3 Å². The van der Waals surface area contributed by atoms with Crippen molar-refractivity contribution in [1.29, 1.82) is 0 Å². The van der Waals surface area contributed by atoms with Crippen LogP contribution in [-0.2, 0) is 4.79 Å². The quantitative estimate of drug-likeness (QED) is 0.924. The Morgan fingerprint density at radius 2 is 2.33 bits per heavy atom. The minimum Gasteiger partial charge on any atom is -0.339 e. The van der Waals surface area contributed by atoms with Gasteiger partial charge < -0.3 is 9.84 Å². The Labute approximate surface area is 126 Å². The number of carbonyl (C=O) groups is 1. The average molecular weight is 307 g/mol. The molecule has 0 saturated carbocycles. The Balaban J connectivity index is 1.46. The molecule has 0 aromatic carbocycles. The van der Waals surface area contributed by atoms with Crippen molar-refractivity contribution in [2.75, 3.05) is 25.0 Å². The van der Waals surface area contributed by atoms with E-state index in [-0.39, 0.29) is 5.91 Å². The van der Waals surface area contributed by atoms with Gasteiger partial charge in [0.05, 0.1) is 6.54 Å². The minimum absolute atomic E-state index is 0.0166. The number of aryl methyl sites for hydroxylation is 1. The summed E-state index contributed by atoms with van der Waals surface area (Å²) < 4.78 is 5.22. The Hall–Kier alpha value is -1.80. The molecule has 1 fully saturated rings. The SMILES string of the molecule is Cc1noc(C2CCN(CC(=O)Nc3nccs3)CC2)n1. The molecule has 3 heterocycles. The first kappa shape index (κ1) is 14.2. The van der Waals surface area contributed by atoms with Crippen molar-refractivity contribution in [2.24, 2.45) is 0 Å². The summed E-state index contributed by atoms with van der Waals surface area (Å²) in [5, 5.41) is 9.12. The number of rotatable bonds is 4. The van der Waals surface area contributed by atoms with Crippen LogP contribution in [0.25, 0.3) is 0 Å². The molecule has 112 valence electrons. The predicted molar refractivity (Wildman–Crippen MR) is 78.2 cm³/mol. The lowest BCUT2D eigenvalue weighted by atomic mass is 9.97. The van der Waals surface area contributed by atoms with Crippen LogP contribution in [0.3, 0.4) is 0 Å². The first-order valence-electron chi connectivity index (χ1n) is 6.92. The number of nitrogens with zero attached hydrogens (tertiary/aromatic N) is 4. The van der Waals surface area contributed by atoms with Gasteiger partial charge in [0.1, 0.15) is 0 Å². The normalized spacial score (nSPS) is 17.0. The van der Waals surface area contributed by atoms with E-state index in [9.17, 15) is 4.79 Å². The second-order valence-corrected chi connectivity index (χ2v) is 6.01.